The van der Waals surface area contributed by atoms with Crippen LogP contribution < -0.4 is 4.90 Å². The molecule has 1 unspecified atom stereocenters. The number of aryl methyl sites for hydroxylation is 1. The zero-order valence-electron chi connectivity index (χ0n) is 9.81. The fraction of sp³-hybridized carbons (Fsp3) is 0.545. The maximum atomic E-state index is 11.0. The maximum Gasteiger partial charge on any atom is 0.156 e. The van der Waals surface area contributed by atoms with Gasteiger partial charge in [0.05, 0.1) is 11.7 Å². The molecule has 2 rings (SSSR count). The zero-order valence-corrected chi connectivity index (χ0v) is 10.6. The molecular weight excluding hydrogens is 242 g/mol. The monoisotopic (exact) mass is 255 g/mol. The molecule has 1 fully saturated rings. The lowest BCUT2D eigenvalue weighted by Crippen LogP contribution is -2.25. The van der Waals surface area contributed by atoms with Gasteiger partial charge < -0.3 is 9.64 Å². The van der Waals surface area contributed by atoms with E-state index in [0.717, 1.165) is 19.5 Å². The van der Waals surface area contributed by atoms with Crippen LogP contribution in [0.25, 0.3) is 0 Å². The van der Waals surface area contributed by atoms with Gasteiger partial charge in [-0.15, -0.1) is 0 Å². The first-order valence-electron chi connectivity index (χ1n) is 5.42. The lowest BCUT2D eigenvalue weighted by molar-refractivity contribution is 0.112. The van der Waals surface area contributed by atoms with Crippen molar-refractivity contribution in [2.75, 3.05) is 25.1 Å². The first-order chi connectivity index (χ1) is 8.15. The van der Waals surface area contributed by atoms with Gasteiger partial charge in [0.2, 0.25) is 0 Å². The highest BCUT2D eigenvalue weighted by atomic mass is 35.5. The predicted molar refractivity (Wildman–Crippen MR) is 64.8 cm³/mol. The standard InChI is InChI=1S/C11H14ClN3O2/c1-7-13-10(12)9(6-16)11(14-7)15-4-3-8(5-15)17-2/h6,8H,3-5H2,1-2H3. The Labute approximate surface area is 105 Å². The van der Waals surface area contributed by atoms with E-state index in [-0.39, 0.29) is 11.3 Å². The van der Waals surface area contributed by atoms with Crippen LogP contribution in [0.3, 0.4) is 0 Å². The van der Waals surface area contributed by atoms with Crippen molar-refractivity contribution in [1.82, 2.24) is 9.97 Å². The highest BCUT2D eigenvalue weighted by Crippen LogP contribution is 2.26. The number of ether oxygens (including phenoxy) is 1. The van der Waals surface area contributed by atoms with Crippen molar-refractivity contribution in [3.63, 3.8) is 0 Å². The van der Waals surface area contributed by atoms with Crippen LogP contribution in [0.5, 0.6) is 0 Å². The second kappa shape index (κ2) is 4.98. The van der Waals surface area contributed by atoms with Crippen LogP contribution in [0, 0.1) is 6.92 Å². The van der Waals surface area contributed by atoms with Gasteiger partial charge in [0, 0.05) is 20.2 Å². The van der Waals surface area contributed by atoms with Crippen molar-refractivity contribution in [3.8, 4) is 0 Å². The third-order valence-corrected chi connectivity index (χ3v) is 3.17. The molecule has 0 N–H and O–H groups in total. The van der Waals surface area contributed by atoms with Crippen LogP contribution in [-0.2, 0) is 4.74 Å². The number of nitrogens with zero attached hydrogens (tertiary/aromatic N) is 3. The minimum atomic E-state index is 0.184. The molecule has 1 aliphatic rings. The van der Waals surface area contributed by atoms with Gasteiger partial charge in [0.1, 0.15) is 16.8 Å². The first kappa shape index (κ1) is 12.3. The van der Waals surface area contributed by atoms with Gasteiger partial charge in [0.25, 0.3) is 0 Å². The molecule has 5 nitrogen and oxygen atoms in total. The van der Waals surface area contributed by atoms with Crippen LogP contribution in [0.2, 0.25) is 5.15 Å². The molecule has 1 atom stereocenters. The number of anilines is 1. The number of methoxy groups -OCH3 is 1. The van der Waals surface area contributed by atoms with E-state index in [2.05, 4.69) is 9.97 Å². The van der Waals surface area contributed by atoms with E-state index in [4.69, 9.17) is 16.3 Å². The molecule has 0 spiro atoms. The Kier molecular flexibility index (Phi) is 3.59. The number of rotatable bonds is 3. The number of aromatic nitrogens is 2. The molecule has 0 saturated carbocycles. The highest BCUT2D eigenvalue weighted by molar-refractivity contribution is 6.32. The van der Waals surface area contributed by atoms with Crippen molar-refractivity contribution in [2.24, 2.45) is 0 Å². The molecule has 0 amide bonds. The van der Waals surface area contributed by atoms with E-state index in [9.17, 15) is 4.79 Å². The Bertz CT molecular complexity index is 439. The number of carbonyl (C=O) groups is 1. The molecule has 17 heavy (non-hydrogen) atoms. The van der Waals surface area contributed by atoms with Crippen molar-refractivity contribution in [3.05, 3.63) is 16.5 Å². The highest BCUT2D eigenvalue weighted by Gasteiger charge is 2.26. The summed E-state index contributed by atoms with van der Waals surface area (Å²) in [6.07, 6.45) is 1.82. The largest absolute Gasteiger partial charge is 0.380 e. The van der Waals surface area contributed by atoms with E-state index >= 15 is 0 Å². The Morgan fingerprint density at radius 2 is 2.29 bits per heavy atom. The van der Waals surface area contributed by atoms with Gasteiger partial charge in [-0.2, -0.15) is 0 Å². The average molecular weight is 256 g/mol. The third kappa shape index (κ3) is 2.40. The van der Waals surface area contributed by atoms with Gasteiger partial charge in [-0.05, 0) is 13.3 Å². The predicted octanol–water partition coefficient (Wildman–Crippen LogP) is 1.48. The molecule has 0 aliphatic carbocycles. The van der Waals surface area contributed by atoms with E-state index in [1.54, 1.807) is 14.0 Å². The fourth-order valence-corrected chi connectivity index (χ4v) is 2.24. The van der Waals surface area contributed by atoms with E-state index in [0.29, 0.717) is 23.5 Å². The molecule has 1 aliphatic heterocycles. The number of aldehydes is 1. The molecule has 92 valence electrons. The normalized spacial score (nSPS) is 19.7. The smallest absolute Gasteiger partial charge is 0.156 e. The van der Waals surface area contributed by atoms with Crippen molar-refractivity contribution < 1.29 is 9.53 Å². The summed E-state index contributed by atoms with van der Waals surface area (Å²) in [5.74, 6) is 1.17. The van der Waals surface area contributed by atoms with Crippen LogP contribution in [0.4, 0.5) is 5.82 Å². The fourth-order valence-electron chi connectivity index (χ4n) is 1.99. The average Bonchev–Trinajstić information content (AvgIpc) is 2.76. The Hall–Kier alpha value is -1.20. The second-order valence-corrected chi connectivity index (χ2v) is 4.37. The van der Waals surface area contributed by atoms with Gasteiger partial charge in [-0.25, -0.2) is 9.97 Å². The molecule has 0 bridgehead atoms. The summed E-state index contributed by atoms with van der Waals surface area (Å²) in [6.45, 7) is 3.30. The van der Waals surface area contributed by atoms with Crippen LogP contribution in [0.1, 0.15) is 22.6 Å². The molecule has 1 aromatic heterocycles. The number of hydrogen-bond donors (Lipinski definition) is 0. The molecule has 1 saturated heterocycles. The van der Waals surface area contributed by atoms with Gasteiger partial charge in [-0.3, -0.25) is 4.79 Å². The summed E-state index contributed by atoms with van der Waals surface area (Å²) in [7, 11) is 1.69. The second-order valence-electron chi connectivity index (χ2n) is 4.01. The van der Waals surface area contributed by atoms with Crippen LogP contribution in [-0.4, -0.2) is 42.6 Å². The Balaban J connectivity index is 2.35. The quantitative estimate of drug-likeness (QED) is 0.605. The van der Waals surface area contributed by atoms with Crippen molar-refractivity contribution in [1.29, 1.82) is 0 Å². The molecule has 2 heterocycles. The van der Waals surface area contributed by atoms with Gasteiger partial charge >= 0.3 is 0 Å². The van der Waals surface area contributed by atoms with Gasteiger partial charge in [0.15, 0.2) is 6.29 Å². The summed E-state index contributed by atoms with van der Waals surface area (Å²) in [6, 6.07) is 0. The summed E-state index contributed by atoms with van der Waals surface area (Å²) in [5.41, 5.74) is 0.356. The summed E-state index contributed by atoms with van der Waals surface area (Å²) >= 11 is 5.94. The maximum absolute atomic E-state index is 11.0. The minimum Gasteiger partial charge on any atom is -0.380 e. The number of carbonyl (C=O) groups excluding carboxylic acids is 1. The molecule has 1 aromatic rings. The molecule has 0 radical (unpaired) electrons. The summed E-state index contributed by atoms with van der Waals surface area (Å²) in [5, 5.41) is 0.211. The van der Waals surface area contributed by atoms with Gasteiger partial charge in [-0.1, -0.05) is 11.6 Å². The number of halogens is 1. The number of hydrogen-bond acceptors (Lipinski definition) is 5. The Morgan fingerprint density at radius 3 is 2.88 bits per heavy atom. The summed E-state index contributed by atoms with van der Waals surface area (Å²) in [4.78, 5) is 21.3. The Morgan fingerprint density at radius 1 is 1.53 bits per heavy atom. The minimum absolute atomic E-state index is 0.184. The lowest BCUT2D eigenvalue weighted by Gasteiger charge is -2.19. The SMILES string of the molecule is COC1CCN(c2nc(C)nc(Cl)c2C=O)C1. The van der Waals surface area contributed by atoms with Crippen LogP contribution in [0.15, 0.2) is 0 Å². The zero-order chi connectivity index (χ0) is 12.4. The summed E-state index contributed by atoms with van der Waals surface area (Å²) < 4.78 is 5.29. The molecule has 0 aromatic carbocycles. The van der Waals surface area contributed by atoms with E-state index in [1.807, 2.05) is 4.90 Å². The van der Waals surface area contributed by atoms with E-state index < -0.39 is 0 Å². The van der Waals surface area contributed by atoms with Crippen molar-refractivity contribution in [2.45, 2.75) is 19.4 Å². The molecular formula is C11H14ClN3O2. The molecule has 6 heteroatoms. The topological polar surface area (TPSA) is 55.3 Å². The lowest BCUT2D eigenvalue weighted by atomic mass is 10.3. The van der Waals surface area contributed by atoms with Crippen molar-refractivity contribution >= 4 is 23.7 Å². The third-order valence-electron chi connectivity index (χ3n) is 2.89. The van der Waals surface area contributed by atoms with E-state index in [1.165, 1.54) is 0 Å². The van der Waals surface area contributed by atoms with Crippen LogP contribution >= 0.6 is 11.6 Å². The first-order valence-corrected chi connectivity index (χ1v) is 5.80.